The number of benzene rings is 2. The molecule has 0 radical (unpaired) electrons. The van der Waals surface area contributed by atoms with Gasteiger partial charge in [-0.1, -0.05) is 6.07 Å². The normalized spacial score (nSPS) is 10.6. The lowest BCUT2D eigenvalue weighted by Gasteiger charge is -2.03. The van der Waals surface area contributed by atoms with E-state index in [-0.39, 0.29) is 21.2 Å². The fourth-order valence-corrected chi connectivity index (χ4v) is 3.16. The number of anilines is 1. The van der Waals surface area contributed by atoms with Crippen LogP contribution in [-0.4, -0.2) is 16.0 Å². The Labute approximate surface area is 140 Å². The molecule has 0 fully saturated rings. The third-order valence-corrected chi connectivity index (χ3v) is 4.48. The largest absolute Gasteiger partial charge is 0.508 e. The summed E-state index contributed by atoms with van der Waals surface area (Å²) >= 11 is 0.919. The monoisotopic (exact) mass is 346 g/mol. The third kappa shape index (κ3) is 3.11. The number of aromatic nitrogens is 1. The molecule has 0 bridgehead atoms. The first kappa shape index (κ1) is 16.1. The van der Waals surface area contributed by atoms with E-state index >= 15 is 0 Å². The minimum atomic E-state index is -0.728. The van der Waals surface area contributed by atoms with Crippen LogP contribution in [0.4, 0.5) is 14.5 Å². The maximum Gasteiger partial charge on any atom is 0.267 e. The molecule has 0 unspecified atom stereocenters. The second kappa shape index (κ2) is 6.37. The number of carbonyl (C=O) groups is 1. The SMILES string of the molecule is Cc1nc(-c2c(F)cccc2F)sc1C(=O)Nc1ccc(O)cc1. The number of aryl methyl sites for hydroxylation is 1. The van der Waals surface area contributed by atoms with Gasteiger partial charge in [-0.15, -0.1) is 11.3 Å². The molecule has 1 amide bonds. The van der Waals surface area contributed by atoms with Crippen molar-refractivity contribution in [2.24, 2.45) is 0 Å². The summed E-state index contributed by atoms with van der Waals surface area (Å²) < 4.78 is 27.7. The number of phenolic OH excluding ortho intramolecular Hbond substituents is 1. The van der Waals surface area contributed by atoms with Crippen molar-refractivity contribution in [3.8, 4) is 16.3 Å². The number of hydrogen-bond acceptors (Lipinski definition) is 4. The van der Waals surface area contributed by atoms with Gasteiger partial charge in [-0.05, 0) is 43.3 Å². The first-order chi connectivity index (χ1) is 11.5. The van der Waals surface area contributed by atoms with Gasteiger partial charge < -0.3 is 10.4 Å². The van der Waals surface area contributed by atoms with E-state index in [0.717, 1.165) is 23.5 Å². The first-order valence-corrected chi connectivity index (χ1v) is 7.79. The number of carbonyl (C=O) groups excluding carboxylic acids is 1. The van der Waals surface area contributed by atoms with Gasteiger partial charge >= 0.3 is 0 Å². The summed E-state index contributed by atoms with van der Waals surface area (Å²) in [6, 6.07) is 9.52. The van der Waals surface area contributed by atoms with Gasteiger partial charge in [-0.3, -0.25) is 4.79 Å². The quantitative estimate of drug-likeness (QED) is 0.693. The van der Waals surface area contributed by atoms with Crippen molar-refractivity contribution in [3.05, 3.63) is 64.7 Å². The van der Waals surface area contributed by atoms with Crippen molar-refractivity contribution in [2.45, 2.75) is 6.92 Å². The second-order valence-electron chi connectivity index (χ2n) is 5.03. The molecule has 4 nitrogen and oxygen atoms in total. The van der Waals surface area contributed by atoms with Gasteiger partial charge in [0.25, 0.3) is 5.91 Å². The zero-order valence-corrected chi connectivity index (χ0v) is 13.3. The van der Waals surface area contributed by atoms with Crippen molar-refractivity contribution >= 4 is 22.9 Å². The highest BCUT2D eigenvalue weighted by atomic mass is 32.1. The van der Waals surface area contributed by atoms with Crippen LogP contribution in [-0.2, 0) is 0 Å². The summed E-state index contributed by atoms with van der Waals surface area (Å²) in [5.74, 6) is -1.80. The molecule has 2 aromatic carbocycles. The molecule has 3 rings (SSSR count). The molecular weight excluding hydrogens is 334 g/mol. The van der Waals surface area contributed by atoms with Crippen molar-refractivity contribution in [1.29, 1.82) is 0 Å². The van der Waals surface area contributed by atoms with E-state index in [4.69, 9.17) is 0 Å². The lowest BCUT2D eigenvalue weighted by molar-refractivity contribution is 0.103. The summed E-state index contributed by atoms with van der Waals surface area (Å²) in [6.45, 7) is 1.60. The van der Waals surface area contributed by atoms with Crippen LogP contribution in [0.5, 0.6) is 5.75 Å². The molecule has 2 N–H and O–H groups in total. The molecule has 0 atom stereocenters. The molecule has 0 aliphatic heterocycles. The lowest BCUT2D eigenvalue weighted by atomic mass is 10.2. The highest BCUT2D eigenvalue weighted by molar-refractivity contribution is 7.17. The molecular formula is C17H12F2N2O2S. The average Bonchev–Trinajstić information content (AvgIpc) is 2.91. The molecule has 1 heterocycles. The molecule has 7 heteroatoms. The van der Waals surface area contributed by atoms with E-state index in [1.807, 2.05) is 0 Å². The van der Waals surface area contributed by atoms with Crippen molar-refractivity contribution < 1.29 is 18.7 Å². The Hall–Kier alpha value is -2.80. The molecule has 1 aromatic heterocycles. The topological polar surface area (TPSA) is 62.2 Å². The van der Waals surface area contributed by atoms with Crippen LogP contribution in [0.3, 0.4) is 0 Å². The van der Waals surface area contributed by atoms with Crippen LogP contribution in [0.1, 0.15) is 15.4 Å². The Balaban J connectivity index is 1.91. The van der Waals surface area contributed by atoms with E-state index < -0.39 is 17.5 Å². The molecule has 3 aromatic rings. The summed E-state index contributed by atoms with van der Waals surface area (Å²) in [5, 5.41) is 12.0. The van der Waals surface area contributed by atoms with Crippen LogP contribution in [0, 0.1) is 18.6 Å². The van der Waals surface area contributed by atoms with E-state index in [2.05, 4.69) is 10.3 Å². The van der Waals surface area contributed by atoms with Crippen LogP contribution in [0.15, 0.2) is 42.5 Å². The summed E-state index contributed by atoms with van der Waals surface area (Å²) in [6.07, 6.45) is 0. The van der Waals surface area contributed by atoms with Crippen molar-refractivity contribution in [2.75, 3.05) is 5.32 Å². The fraction of sp³-hybridized carbons (Fsp3) is 0.0588. The number of rotatable bonds is 3. The van der Waals surface area contributed by atoms with Crippen LogP contribution < -0.4 is 5.32 Å². The van der Waals surface area contributed by atoms with Crippen molar-refractivity contribution in [3.63, 3.8) is 0 Å². The fourth-order valence-electron chi connectivity index (χ4n) is 2.15. The summed E-state index contributed by atoms with van der Waals surface area (Å²) in [7, 11) is 0. The van der Waals surface area contributed by atoms with Gasteiger partial charge in [0, 0.05) is 5.69 Å². The van der Waals surface area contributed by atoms with Gasteiger partial charge in [0.1, 0.15) is 27.3 Å². The first-order valence-electron chi connectivity index (χ1n) is 6.98. The number of amides is 1. The number of nitrogens with zero attached hydrogens (tertiary/aromatic N) is 1. The zero-order chi connectivity index (χ0) is 17.3. The predicted octanol–water partition coefficient (Wildman–Crippen LogP) is 4.35. The van der Waals surface area contributed by atoms with Gasteiger partial charge in [-0.2, -0.15) is 0 Å². The molecule has 0 saturated carbocycles. The second-order valence-corrected chi connectivity index (χ2v) is 6.03. The van der Waals surface area contributed by atoms with Crippen molar-refractivity contribution in [1.82, 2.24) is 4.98 Å². The predicted molar refractivity (Wildman–Crippen MR) is 88.3 cm³/mol. The van der Waals surface area contributed by atoms with Gasteiger partial charge in [0.15, 0.2) is 0 Å². The number of hydrogen-bond donors (Lipinski definition) is 2. The number of halogens is 2. The number of aromatic hydroxyl groups is 1. The third-order valence-electron chi connectivity index (χ3n) is 3.30. The highest BCUT2D eigenvalue weighted by Crippen LogP contribution is 2.32. The zero-order valence-electron chi connectivity index (χ0n) is 12.5. The summed E-state index contributed by atoms with van der Waals surface area (Å²) in [5.41, 5.74) is 0.632. The number of nitrogens with one attached hydrogen (secondary N) is 1. The van der Waals surface area contributed by atoms with E-state index in [9.17, 15) is 18.7 Å². The average molecular weight is 346 g/mol. The maximum absolute atomic E-state index is 13.9. The van der Waals surface area contributed by atoms with Crippen LogP contribution in [0.25, 0.3) is 10.6 Å². The minimum absolute atomic E-state index is 0.0827. The summed E-state index contributed by atoms with van der Waals surface area (Å²) in [4.78, 5) is 16.7. The smallest absolute Gasteiger partial charge is 0.267 e. The van der Waals surface area contributed by atoms with Crippen LogP contribution in [0.2, 0.25) is 0 Å². The lowest BCUT2D eigenvalue weighted by Crippen LogP contribution is -2.11. The maximum atomic E-state index is 13.9. The molecule has 0 aliphatic carbocycles. The number of phenols is 1. The standard InChI is InChI=1S/C17H12F2N2O2S/c1-9-15(16(23)21-10-5-7-11(22)8-6-10)24-17(20-9)14-12(18)3-2-4-13(14)19/h2-8,22H,1H3,(H,21,23). The Kier molecular flexibility index (Phi) is 4.26. The highest BCUT2D eigenvalue weighted by Gasteiger charge is 2.20. The minimum Gasteiger partial charge on any atom is -0.508 e. The van der Waals surface area contributed by atoms with Gasteiger partial charge in [0.2, 0.25) is 0 Å². The Bertz CT molecular complexity index is 887. The molecule has 0 aliphatic rings. The van der Waals surface area contributed by atoms with Gasteiger partial charge in [-0.25, -0.2) is 13.8 Å². The molecule has 122 valence electrons. The van der Waals surface area contributed by atoms with Gasteiger partial charge in [0.05, 0.1) is 11.3 Å². The Morgan fingerprint density at radius 1 is 1.12 bits per heavy atom. The Morgan fingerprint density at radius 2 is 1.75 bits per heavy atom. The molecule has 24 heavy (non-hydrogen) atoms. The van der Waals surface area contributed by atoms with E-state index in [0.29, 0.717) is 11.4 Å². The van der Waals surface area contributed by atoms with Crippen LogP contribution >= 0.6 is 11.3 Å². The molecule has 0 spiro atoms. The van der Waals surface area contributed by atoms with E-state index in [1.165, 1.54) is 18.2 Å². The number of thiazole rings is 1. The van der Waals surface area contributed by atoms with E-state index in [1.54, 1.807) is 19.1 Å². The molecule has 0 saturated heterocycles. The Morgan fingerprint density at radius 3 is 2.38 bits per heavy atom.